The molecule has 5 heteroatoms. The van der Waals surface area contributed by atoms with Crippen LogP contribution >= 0.6 is 23.1 Å². The Bertz CT molecular complexity index is 223. The quantitative estimate of drug-likeness (QED) is 0.766. The van der Waals surface area contributed by atoms with Crippen molar-refractivity contribution >= 4 is 23.1 Å². The second-order valence-corrected chi connectivity index (χ2v) is 5.71. The highest BCUT2D eigenvalue weighted by Gasteiger charge is 2.06. The number of aromatic nitrogens is 2. The van der Waals surface area contributed by atoms with E-state index in [0.29, 0.717) is 11.3 Å². The van der Waals surface area contributed by atoms with Gasteiger partial charge in [0.05, 0.1) is 0 Å². The Morgan fingerprint density at radius 1 is 1.54 bits per heavy atom. The molecule has 13 heavy (non-hydrogen) atoms. The molecule has 3 nitrogen and oxygen atoms in total. The van der Waals surface area contributed by atoms with E-state index in [1.165, 1.54) is 0 Å². The molecule has 0 saturated heterocycles. The highest BCUT2D eigenvalue weighted by Crippen LogP contribution is 2.23. The van der Waals surface area contributed by atoms with Crippen molar-refractivity contribution < 1.29 is 0 Å². The van der Waals surface area contributed by atoms with Crippen LogP contribution in [0.15, 0.2) is 9.85 Å². The summed E-state index contributed by atoms with van der Waals surface area (Å²) in [5.41, 5.74) is 1.77. The predicted octanol–water partition coefficient (Wildman–Crippen LogP) is 2.02. The first-order valence-electron chi connectivity index (χ1n) is 4.34. The van der Waals surface area contributed by atoms with E-state index in [1.807, 2.05) is 0 Å². The standard InChI is InChI=1S/C8H15N3S2/c1-6(2)9-4-7(3)13-8-11-10-5-12-8/h5-7,9H,4H2,1-3H3. The maximum absolute atomic E-state index is 3.99. The molecule has 1 rings (SSSR count). The molecule has 74 valence electrons. The second-order valence-electron chi connectivity index (χ2n) is 3.20. The van der Waals surface area contributed by atoms with Crippen molar-refractivity contribution in [2.24, 2.45) is 0 Å². The fourth-order valence-corrected chi connectivity index (χ4v) is 2.57. The summed E-state index contributed by atoms with van der Waals surface area (Å²) in [5.74, 6) is 0. The zero-order chi connectivity index (χ0) is 9.68. The number of hydrogen-bond acceptors (Lipinski definition) is 5. The molecule has 0 aliphatic heterocycles. The van der Waals surface area contributed by atoms with E-state index in [1.54, 1.807) is 28.6 Å². The molecule has 0 aliphatic carbocycles. The minimum absolute atomic E-state index is 0.551. The van der Waals surface area contributed by atoms with E-state index in [2.05, 4.69) is 36.3 Å². The van der Waals surface area contributed by atoms with Crippen LogP contribution in [-0.4, -0.2) is 28.0 Å². The first-order valence-corrected chi connectivity index (χ1v) is 6.10. The third kappa shape index (κ3) is 4.59. The van der Waals surface area contributed by atoms with Gasteiger partial charge in [0.2, 0.25) is 0 Å². The van der Waals surface area contributed by atoms with Gasteiger partial charge < -0.3 is 5.32 Å². The SMILES string of the molecule is CC(C)NCC(C)Sc1nncs1. The Hall–Kier alpha value is -0.130. The average molecular weight is 217 g/mol. The van der Waals surface area contributed by atoms with Crippen LogP contribution in [0.2, 0.25) is 0 Å². The van der Waals surface area contributed by atoms with Crippen LogP contribution in [0, 0.1) is 0 Å². The summed E-state index contributed by atoms with van der Waals surface area (Å²) < 4.78 is 1.05. The molecule has 0 saturated carbocycles. The molecule has 1 unspecified atom stereocenters. The second kappa shape index (κ2) is 5.57. The lowest BCUT2D eigenvalue weighted by atomic mass is 10.3. The van der Waals surface area contributed by atoms with E-state index in [0.717, 1.165) is 10.9 Å². The lowest BCUT2D eigenvalue weighted by Crippen LogP contribution is -2.28. The summed E-state index contributed by atoms with van der Waals surface area (Å²) in [6.45, 7) is 7.52. The number of nitrogens with one attached hydrogen (secondary N) is 1. The van der Waals surface area contributed by atoms with Gasteiger partial charge in [0.1, 0.15) is 5.51 Å². The number of nitrogens with zero attached hydrogens (tertiary/aromatic N) is 2. The lowest BCUT2D eigenvalue weighted by molar-refractivity contribution is 0.589. The maximum atomic E-state index is 3.99. The molecule has 0 spiro atoms. The highest BCUT2D eigenvalue weighted by molar-refractivity contribution is 8.01. The van der Waals surface area contributed by atoms with Crippen LogP contribution in [0.5, 0.6) is 0 Å². The van der Waals surface area contributed by atoms with Crippen molar-refractivity contribution in [3.8, 4) is 0 Å². The smallest absolute Gasteiger partial charge is 0.174 e. The van der Waals surface area contributed by atoms with E-state index in [9.17, 15) is 0 Å². The fraction of sp³-hybridized carbons (Fsp3) is 0.750. The van der Waals surface area contributed by atoms with Crippen LogP contribution in [-0.2, 0) is 0 Å². The van der Waals surface area contributed by atoms with Crippen molar-refractivity contribution in [2.45, 2.75) is 36.4 Å². The van der Waals surface area contributed by atoms with Gasteiger partial charge in [-0.1, -0.05) is 43.9 Å². The number of thioether (sulfide) groups is 1. The summed E-state index contributed by atoms with van der Waals surface area (Å²) in [6.07, 6.45) is 0. The van der Waals surface area contributed by atoms with Gasteiger partial charge in [-0.3, -0.25) is 0 Å². The minimum atomic E-state index is 0.551. The van der Waals surface area contributed by atoms with Gasteiger partial charge in [0.25, 0.3) is 0 Å². The average Bonchev–Trinajstić information content (AvgIpc) is 2.53. The van der Waals surface area contributed by atoms with Crippen molar-refractivity contribution in [3.05, 3.63) is 5.51 Å². The van der Waals surface area contributed by atoms with Gasteiger partial charge in [-0.05, 0) is 0 Å². The molecule has 0 fully saturated rings. The fourth-order valence-electron chi connectivity index (χ4n) is 0.830. The third-order valence-electron chi connectivity index (χ3n) is 1.46. The van der Waals surface area contributed by atoms with Crippen molar-refractivity contribution in [1.82, 2.24) is 15.5 Å². The van der Waals surface area contributed by atoms with Crippen molar-refractivity contribution in [2.75, 3.05) is 6.54 Å². The van der Waals surface area contributed by atoms with Crippen LogP contribution in [0.1, 0.15) is 20.8 Å². The zero-order valence-corrected chi connectivity index (χ0v) is 9.78. The molecule has 1 N–H and O–H groups in total. The van der Waals surface area contributed by atoms with E-state index in [4.69, 9.17) is 0 Å². The number of hydrogen-bond donors (Lipinski definition) is 1. The van der Waals surface area contributed by atoms with Gasteiger partial charge in [0, 0.05) is 17.8 Å². The number of rotatable bonds is 5. The Labute approximate surface area is 87.3 Å². The van der Waals surface area contributed by atoms with Crippen LogP contribution in [0.4, 0.5) is 0 Å². The molecular formula is C8H15N3S2. The Kier molecular flexibility index (Phi) is 4.69. The normalized spacial score (nSPS) is 13.5. The molecule has 0 amide bonds. The van der Waals surface area contributed by atoms with Gasteiger partial charge >= 0.3 is 0 Å². The molecule has 0 aliphatic rings. The summed E-state index contributed by atoms with van der Waals surface area (Å²) in [4.78, 5) is 0. The summed E-state index contributed by atoms with van der Waals surface area (Å²) >= 11 is 3.37. The minimum Gasteiger partial charge on any atom is -0.313 e. The lowest BCUT2D eigenvalue weighted by Gasteiger charge is -2.12. The molecule has 1 aromatic heterocycles. The topological polar surface area (TPSA) is 37.8 Å². The Balaban J connectivity index is 2.22. The first-order chi connectivity index (χ1) is 6.18. The monoisotopic (exact) mass is 217 g/mol. The Morgan fingerprint density at radius 2 is 2.31 bits per heavy atom. The molecule has 0 radical (unpaired) electrons. The van der Waals surface area contributed by atoms with Gasteiger partial charge in [0.15, 0.2) is 4.34 Å². The summed E-state index contributed by atoms with van der Waals surface area (Å²) in [7, 11) is 0. The molecule has 1 atom stereocenters. The summed E-state index contributed by atoms with van der Waals surface area (Å²) in [6, 6.07) is 0.553. The molecule has 0 aromatic carbocycles. The molecular weight excluding hydrogens is 202 g/mol. The van der Waals surface area contributed by atoms with E-state index >= 15 is 0 Å². The largest absolute Gasteiger partial charge is 0.313 e. The van der Waals surface area contributed by atoms with E-state index in [-0.39, 0.29) is 0 Å². The first kappa shape index (κ1) is 10.9. The Morgan fingerprint density at radius 3 is 2.85 bits per heavy atom. The van der Waals surface area contributed by atoms with Crippen molar-refractivity contribution in [3.63, 3.8) is 0 Å². The predicted molar refractivity (Wildman–Crippen MR) is 58.4 cm³/mol. The van der Waals surface area contributed by atoms with Crippen LogP contribution in [0.3, 0.4) is 0 Å². The van der Waals surface area contributed by atoms with Crippen LogP contribution < -0.4 is 5.32 Å². The van der Waals surface area contributed by atoms with Crippen molar-refractivity contribution in [1.29, 1.82) is 0 Å². The van der Waals surface area contributed by atoms with Gasteiger partial charge in [-0.2, -0.15) is 0 Å². The maximum Gasteiger partial charge on any atom is 0.174 e. The zero-order valence-electron chi connectivity index (χ0n) is 8.15. The molecule has 1 aromatic rings. The van der Waals surface area contributed by atoms with E-state index < -0.39 is 0 Å². The van der Waals surface area contributed by atoms with Gasteiger partial charge in [-0.25, -0.2) is 0 Å². The van der Waals surface area contributed by atoms with Gasteiger partial charge in [-0.15, -0.1) is 10.2 Å². The highest BCUT2D eigenvalue weighted by atomic mass is 32.2. The third-order valence-corrected chi connectivity index (χ3v) is 3.37. The molecule has 1 heterocycles. The van der Waals surface area contributed by atoms with Crippen LogP contribution in [0.25, 0.3) is 0 Å². The molecule has 0 bridgehead atoms. The summed E-state index contributed by atoms with van der Waals surface area (Å²) in [5, 5.41) is 11.7.